The van der Waals surface area contributed by atoms with Crippen LogP contribution in [-0.2, 0) is 6.42 Å². The van der Waals surface area contributed by atoms with E-state index in [-0.39, 0.29) is 5.56 Å². The number of aliphatic imine (C=N–C) groups is 2. The van der Waals surface area contributed by atoms with Crippen molar-refractivity contribution < 1.29 is 17.9 Å². The van der Waals surface area contributed by atoms with Gasteiger partial charge < -0.3 is 4.74 Å². The van der Waals surface area contributed by atoms with Gasteiger partial charge in [0, 0.05) is 16.7 Å². The zero-order valence-electron chi connectivity index (χ0n) is 17.2. The van der Waals surface area contributed by atoms with Crippen molar-refractivity contribution in [2.45, 2.75) is 19.5 Å². The van der Waals surface area contributed by atoms with E-state index >= 15 is 0 Å². The Morgan fingerprint density at radius 2 is 1.61 bits per heavy atom. The first kappa shape index (κ1) is 20.8. The number of alkyl halides is 3. The molecule has 158 valence electrons. The molecule has 31 heavy (non-hydrogen) atoms. The monoisotopic (exact) mass is 422 g/mol. The summed E-state index contributed by atoms with van der Waals surface area (Å²) in [5, 5.41) is 0. The molecule has 3 aromatic carbocycles. The maximum absolute atomic E-state index is 12.9. The van der Waals surface area contributed by atoms with E-state index in [1.807, 2.05) is 49.4 Å². The van der Waals surface area contributed by atoms with Crippen LogP contribution in [0.3, 0.4) is 0 Å². The second-order valence-corrected chi connectivity index (χ2v) is 7.38. The molecule has 0 saturated heterocycles. The summed E-state index contributed by atoms with van der Waals surface area (Å²) in [6.07, 6.45) is -5.30. The fourth-order valence-electron chi connectivity index (χ4n) is 3.73. The molecule has 1 aliphatic heterocycles. The number of hydrogen-bond donors (Lipinski definition) is 0. The van der Waals surface area contributed by atoms with Crippen molar-refractivity contribution in [3.05, 3.63) is 89.0 Å². The summed E-state index contributed by atoms with van der Waals surface area (Å²) < 4.78 is 44.5. The Labute approximate surface area is 178 Å². The van der Waals surface area contributed by atoms with Crippen LogP contribution >= 0.6 is 0 Å². The van der Waals surface area contributed by atoms with Crippen molar-refractivity contribution in [2.75, 3.05) is 13.7 Å². The lowest BCUT2D eigenvalue weighted by molar-refractivity contribution is -0.127. The highest BCUT2D eigenvalue weighted by molar-refractivity contribution is 6.17. The standard InChI is InChI=1S/C25H21F3N2O/c1-16-7-3-5-9-19(16)21-12-11-17(13-23(21)31-2)22-15-29-24(30-22)20-10-6-4-8-18(20)14-25(26,27)28/h3-13H,14-15H2,1-2H3. The number of rotatable bonds is 5. The Balaban J connectivity index is 1.66. The van der Waals surface area contributed by atoms with Gasteiger partial charge in [-0.25, -0.2) is 4.99 Å². The normalized spacial score (nSPS) is 13.7. The van der Waals surface area contributed by atoms with Crippen LogP contribution in [0.5, 0.6) is 5.75 Å². The van der Waals surface area contributed by atoms with Crippen LogP contribution in [0.15, 0.2) is 76.7 Å². The molecular weight excluding hydrogens is 401 g/mol. The van der Waals surface area contributed by atoms with Gasteiger partial charge in [0.1, 0.15) is 5.75 Å². The topological polar surface area (TPSA) is 34.0 Å². The van der Waals surface area contributed by atoms with Crippen LogP contribution in [0.4, 0.5) is 13.2 Å². The van der Waals surface area contributed by atoms with Gasteiger partial charge in [-0.2, -0.15) is 13.2 Å². The van der Waals surface area contributed by atoms with E-state index in [4.69, 9.17) is 4.74 Å². The average Bonchev–Trinajstić information content (AvgIpc) is 3.23. The maximum Gasteiger partial charge on any atom is 0.393 e. The molecule has 0 N–H and O–H groups in total. The molecule has 0 radical (unpaired) electrons. The molecule has 0 atom stereocenters. The van der Waals surface area contributed by atoms with Crippen LogP contribution in [0.2, 0.25) is 0 Å². The second kappa shape index (κ2) is 8.38. The van der Waals surface area contributed by atoms with Gasteiger partial charge in [0.2, 0.25) is 0 Å². The number of nitrogens with zero attached hydrogens (tertiary/aromatic N) is 2. The Bertz CT molecular complexity index is 1180. The molecule has 3 aromatic rings. The minimum absolute atomic E-state index is 0.172. The van der Waals surface area contributed by atoms with E-state index in [1.54, 1.807) is 25.3 Å². The molecule has 0 unspecified atom stereocenters. The van der Waals surface area contributed by atoms with E-state index in [2.05, 4.69) is 9.98 Å². The quantitative estimate of drug-likeness (QED) is 0.495. The van der Waals surface area contributed by atoms with Crippen molar-refractivity contribution in [3.8, 4) is 16.9 Å². The minimum atomic E-state index is -4.29. The van der Waals surface area contributed by atoms with Gasteiger partial charge in [-0.15, -0.1) is 0 Å². The van der Waals surface area contributed by atoms with Gasteiger partial charge in [0.25, 0.3) is 0 Å². The Morgan fingerprint density at radius 3 is 2.32 bits per heavy atom. The number of ether oxygens (including phenoxy) is 1. The molecule has 0 spiro atoms. The lowest BCUT2D eigenvalue weighted by Gasteiger charge is -2.13. The predicted molar refractivity (Wildman–Crippen MR) is 117 cm³/mol. The summed E-state index contributed by atoms with van der Waals surface area (Å²) in [5.74, 6) is 1.04. The van der Waals surface area contributed by atoms with Crippen LogP contribution in [0.25, 0.3) is 11.1 Å². The summed E-state index contributed by atoms with van der Waals surface area (Å²) in [5.41, 5.74) is 5.31. The van der Waals surface area contributed by atoms with E-state index in [0.717, 1.165) is 22.3 Å². The van der Waals surface area contributed by atoms with Crippen LogP contribution < -0.4 is 4.74 Å². The van der Waals surface area contributed by atoms with E-state index in [1.165, 1.54) is 6.07 Å². The summed E-state index contributed by atoms with van der Waals surface area (Å²) in [7, 11) is 1.62. The van der Waals surface area contributed by atoms with Gasteiger partial charge in [-0.05, 0) is 35.7 Å². The molecule has 3 nitrogen and oxygen atoms in total. The number of aryl methyl sites for hydroxylation is 1. The van der Waals surface area contributed by atoms with Crippen molar-refractivity contribution in [3.63, 3.8) is 0 Å². The summed E-state index contributed by atoms with van der Waals surface area (Å²) in [6.45, 7) is 2.35. The highest BCUT2D eigenvalue weighted by Gasteiger charge is 2.30. The average molecular weight is 422 g/mol. The number of hydrogen-bond acceptors (Lipinski definition) is 3. The summed E-state index contributed by atoms with van der Waals surface area (Å²) in [4.78, 5) is 8.97. The van der Waals surface area contributed by atoms with Gasteiger partial charge in [0.05, 0.1) is 25.8 Å². The molecule has 0 fully saturated rings. The molecule has 4 rings (SSSR count). The smallest absolute Gasteiger partial charge is 0.393 e. The van der Waals surface area contributed by atoms with Crippen LogP contribution in [-0.4, -0.2) is 31.4 Å². The zero-order chi connectivity index (χ0) is 22.0. The summed E-state index contributed by atoms with van der Waals surface area (Å²) in [6, 6.07) is 20.3. The SMILES string of the molecule is COc1cc(C2=NC(c3ccccc3CC(F)(F)F)=NC2)ccc1-c1ccccc1C. The third-order valence-electron chi connectivity index (χ3n) is 5.24. The Hall–Kier alpha value is -3.41. The van der Waals surface area contributed by atoms with Crippen LogP contribution in [0.1, 0.15) is 22.3 Å². The number of halogens is 3. The lowest BCUT2D eigenvalue weighted by atomic mass is 9.97. The molecule has 0 saturated carbocycles. The fraction of sp³-hybridized carbons (Fsp3) is 0.200. The fourth-order valence-corrected chi connectivity index (χ4v) is 3.73. The van der Waals surface area contributed by atoms with E-state index < -0.39 is 12.6 Å². The predicted octanol–water partition coefficient (Wildman–Crippen LogP) is 6.02. The number of benzene rings is 3. The molecule has 1 aliphatic rings. The molecule has 0 bridgehead atoms. The number of methoxy groups -OCH3 is 1. The zero-order valence-corrected chi connectivity index (χ0v) is 17.2. The van der Waals surface area contributed by atoms with E-state index in [0.29, 0.717) is 29.4 Å². The Kier molecular flexibility index (Phi) is 5.63. The van der Waals surface area contributed by atoms with Crippen molar-refractivity contribution in [1.82, 2.24) is 0 Å². The summed E-state index contributed by atoms with van der Waals surface area (Å²) >= 11 is 0. The van der Waals surface area contributed by atoms with Gasteiger partial charge in [-0.3, -0.25) is 4.99 Å². The molecular formula is C25H21F3N2O. The minimum Gasteiger partial charge on any atom is -0.496 e. The number of amidine groups is 1. The molecule has 0 amide bonds. The van der Waals surface area contributed by atoms with Crippen molar-refractivity contribution in [2.24, 2.45) is 9.98 Å². The highest BCUT2D eigenvalue weighted by Crippen LogP contribution is 2.33. The Morgan fingerprint density at radius 1 is 0.903 bits per heavy atom. The van der Waals surface area contributed by atoms with Gasteiger partial charge in [0.15, 0.2) is 5.84 Å². The lowest BCUT2D eigenvalue weighted by Crippen LogP contribution is -2.14. The first-order valence-electron chi connectivity index (χ1n) is 9.87. The third kappa shape index (κ3) is 4.53. The largest absolute Gasteiger partial charge is 0.496 e. The van der Waals surface area contributed by atoms with Gasteiger partial charge >= 0.3 is 6.18 Å². The van der Waals surface area contributed by atoms with Crippen molar-refractivity contribution >= 4 is 11.5 Å². The van der Waals surface area contributed by atoms with Crippen LogP contribution in [0, 0.1) is 6.92 Å². The first-order chi connectivity index (χ1) is 14.9. The molecule has 0 aromatic heterocycles. The van der Waals surface area contributed by atoms with Gasteiger partial charge in [-0.1, -0.05) is 54.6 Å². The molecule has 0 aliphatic carbocycles. The van der Waals surface area contributed by atoms with E-state index in [9.17, 15) is 13.2 Å². The van der Waals surface area contributed by atoms with Crippen molar-refractivity contribution in [1.29, 1.82) is 0 Å². The maximum atomic E-state index is 12.9. The first-order valence-corrected chi connectivity index (χ1v) is 9.87. The second-order valence-electron chi connectivity index (χ2n) is 7.38. The molecule has 1 heterocycles. The molecule has 6 heteroatoms. The highest BCUT2D eigenvalue weighted by atomic mass is 19.4. The third-order valence-corrected chi connectivity index (χ3v) is 5.24.